The lowest BCUT2D eigenvalue weighted by molar-refractivity contribution is 0.0949. The number of hydrogen-bond donors (Lipinski definition) is 1. The van der Waals surface area contributed by atoms with E-state index in [9.17, 15) is 4.79 Å². The Morgan fingerprint density at radius 2 is 1.61 bits per heavy atom. The van der Waals surface area contributed by atoms with Gasteiger partial charge in [-0.3, -0.25) is 4.79 Å². The number of rotatable bonds is 5. The van der Waals surface area contributed by atoms with Crippen molar-refractivity contribution in [1.29, 1.82) is 0 Å². The fourth-order valence-electron chi connectivity index (χ4n) is 3.90. The summed E-state index contributed by atoms with van der Waals surface area (Å²) in [5, 5.41) is 6.03. The lowest BCUT2D eigenvalue weighted by Gasteiger charge is -2.12. The molecule has 0 spiro atoms. The summed E-state index contributed by atoms with van der Waals surface area (Å²) < 4.78 is 2.18. The van der Waals surface area contributed by atoms with Crippen LogP contribution in [0.2, 0.25) is 5.02 Å². The fraction of sp³-hybridized carbons (Fsp3) is 0.0769. The molecule has 0 aliphatic carbocycles. The third-order valence-corrected chi connectivity index (χ3v) is 5.71. The SMILES string of the molecule is O=C(NCc1nc2ccccc2n1Cc1cccc2ccccc12)c1ccc(Cl)cc1. The lowest BCUT2D eigenvalue weighted by Crippen LogP contribution is -2.24. The second kappa shape index (κ2) is 8.25. The van der Waals surface area contributed by atoms with Crippen molar-refractivity contribution in [3.63, 3.8) is 0 Å². The van der Waals surface area contributed by atoms with Gasteiger partial charge in [0.1, 0.15) is 5.82 Å². The number of nitrogens with zero attached hydrogens (tertiary/aromatic N) is 2. The average molecular weight is 426 g/mol. The van der Waals surface area contributed by atoms with Gasteiger partial charge >= 0.3 is 0 Å². The van der Waals surface area contributed by atoms with Gasteiger partial charge < -0.3 is 9.88 Å². The van der Waals surface area contributed by atoms with Gasteiger partial charge in [-0.1, -0.05) is 66.2 Å². The fourth-order valence-corrected chi connectivity index (χ4v) is 4.03. The monoisotopic (exact) mass is 425 g/mol. The highest BCUT2D eigenvalue weighted by Gasteiger charge is 2.14. The molecular formula is C26H20ClN3O. The first kappa shape index (κ1) is 19.3. The first-order valence-corrected chi connectivity index (χ1v) is 10.5. The summed E-state index contributed by atoms with van der Waals surface area (Å²) in [5.41, 5.74) is 3.75. The van der Waals surface area contributed by atoms with Gasteiger partial charge in [0.25, 0.3) is 5.91 Å². The number of carbonyl (C=O) groups excluding carboxylic acids is 1. The summed E-state index contributed by atoms with van der Waals surface area (Å²) in [4.78, 5) is 17.4. The van der Waals surface area contributed by atoms with E-state index < -0.39 is 0 Å². The Bertz CT molecular complexity index is 1380. The van der Waals surface area contributed by atoms with Crippen LogP contribution in [0.15, 0.2) is 91.0 Å². The Hall–Kier alpha value is -3.63. The highest BCUT2D eigenvalue weighted by molar-refractivity contribution is 6.30. The van der Waals surface area contributed by atoms with Crippen LogP contribution in [0.3, 0.4) is 0 Å². The standard InChI is InChI=1S/C26H20ClN3O/c27-21-14-12-19(13-15-21)26(31)28-16-25-29-23-10-3-4-11-24(23)30(25)17-20-8-5-7-18-6-1-2-9-22(18)20/h1-15H,16-17H2,(H,28,31). The molecule has 0 aliphatic rings. The van der Waals surface area contributed by atoms with Crippen LogP contribution in [0, 0.1) is 0 Å². The molecule has 31 heavy (non-hydrogen) atoms. The van der Waals surface area contributed by atoms with Crippen LogP contribution < -0.4 is 5.32 Å². The number of para-hydroxylation sites is 2. The molecule has 5 heteroatoms. The first-order valence-electron chi connectivity index (χ1n) is 10.1. The lowest BCUT2D eigenvalue weighted by atomic mass is 10.0. The molecule has 0 fully saturated rings. The minimum Gasteiger partial charge on any atom is -0.345 e. The third-order valence-electron chi connectivity index (χ3n) is 5.46. The van der Waals surface area contributed by atoms with Crippen LogP contribution in [-0.4, -0.2) is 15.5 Å². The second-order valence-electron chi connectivity index (χ2n) is 7.43. The summed E-state index contributed by atoms with van der Waals surface area (Å²) in [6.07, 6.45) is 0. The van der Waals surface area contributed by atoms with E-state index in [4.69, 9.17) is 16.6 Å². The zero-order chi connectivity index (χ0) is 21.2. The maximum atomic E-state index is 12.6. The maximum Gasteiger partial charge on any atom is 0.251 e. The third kappa shape index (κ3) is 3.90. The van der Waals surface area contributed by atoms with E-state index in [-0.39, 0.29) is 5.91 Å². The molecule has 5 rings (SSSR count). The van der Waals surface area contributed by atoms with Crippen molar-refractivity contribution in [1.82, 2.24) is 14.9 Å². The molecule has 0 unspecified atom stereocenters. The quantitative estimate of drug-likeness (QED) is 0.385. The number of nitrogens with one attached hydrogen (secondary N) is 1. The van der Waals surface area contributed by atoms with Gasteiger partial charge in [0, 0.05) is 10.6 Å². The Labute approximate surface area is 185 Å². The van der Waals surface area contributed by atoms with Crippen molar-refractivity contribution in [2.45, 2.75) is 13.1 Å². The van der Waals surface area contributed by atoms with E-state index in [0.717, 1.165) is 16.9 Å². The Morgan fingerprint density at radius 1 is 0.871 bits per heavy atom. The van der Waals surface area contributed by atoms with Crippen molar-refractivity contribution in [2.75, 3.05) is 0 Å². The zero-order valence-electron chi connectivity index (χ0n) is 16.8. The number of amides is 1. The molecule has 1 N–H and O–H groups in total. The van der Waals surface area contributed by atoms with E-state index in [2.05, 4.69) is 58.4 Å². The smallest absolute Gasteiger partial charge is 0.251 e. The predicted octanol–water partition coefficient (Wildman–Crippen LogP) is 5.82. The van der Waals surface area contributed by atoms with Crippen molar-refractivity contribution in [3.8, 4) is 0 Å². The Kier molecular flexibility index (Phi) is 5.14. The van der Waals surface area contributed by atoms with Gasteiger partial charge in [-0.15, -0.1) is 0 Å². The van der Waals surface area contributed by atoms with Crippen molar-refractivity contribution >= 4 is 39.3 Å². The molecule has 0 atom stereocenters. The normalized spacial score (nSPS) is 11.1. The second-order valence-corrected chi connectivity index (χ2v) is 7.87. The molecule has 5 aromatic rings. The van der Waals surface area contributed by atoms with Crippen LogP contribution in [0.25, 0.3) is 21.8 Å². The maximum absolute atomic E-state index is 12.6. The van der Waals surface area contributed by atoms with Crippen LogP contribution >= 0.6 is 11.6 Å². The van der Waals surface area contributed by atoms with E-state index in [0.29, 0.717) is 23.7 Å². The summed E-state index contributed by atoms with van der Waals surface area (Å²) in [7, 11) is 0. The summed E-state index contributed by atoms with van der Waals surface area (Å²) in [6, 6.07) is 29.7. The number of aromatic nitrogens is 2. The molecular weight excluding hydrogens is 406 g/mol. The van der Waals surface area contributed by atoms with E-state index in [1.807, 2.05) is 18.2 Å². The Morgan fingerprint density at radius 3 is 2.48 bits per heavy atom. The zero-order valence-corrected chi connectivity index (χ0v) is 17.5. The van der Waals surface area contributed by atoms with Crippen molar-refractivity contribution in [2.24, 2.45) is 0 Å². The van der Waals surface area contributed by atoms with Crippen molar-refractivity contribution < 1.29 is 4.79 Å². The summed E-state index contributed by atoms with van der Waals surface area (Å²) in [6.45, 7) is 1.01. The number of halogens is 1. The highest BCUT2D eigenvalue weighted by Crippen LogP contribution is 2.23. The minimum absolute atomic E-state index is 0.152. The number of benzene rings is 4. The van der Waals surface area contributed by atoms with Crippen LogP contribution in [0.1, 0.15) is 21.7 Å². The number of hydrogen-bond acceptors (Lipinski definition) is 2. The minimum atomic E-state index is -0.152. The first-order chi connectivity index (χ1) is 15.2. The molecule has 152 valence electrons. The van der Waals surface area contributed by atoms with Gasteiger partial charge in [0.15, 0.2) is 0 Å². The molecule has 0 saturated carbocycles. The van der Waals surface area contributed by atoms with Crippen LogP contribution in [0.5, 0.6) is 0 Å². The molecule has 1 amide bonds. The van der Waals surface area contributed by atoms with Gasteiger partial charge in [-0.05, 0) is 52.7 Å². The van der Waals surface area contributed by atoms with Gasteiger partial charge in [-0.25, -0.2) is 4.98 Å². The molecule has 1 aromatic heterocycles. The van der Waals surface area contributed by atoms with Gasteiger partial charge in [0.2, 0.25) is 0 Å². The topological polar surface area (TPSA) is 46.9 Å². The number of fused-ring (bicyclic) bond motifs is 2. The molecule has 0 aliphatic heterocycles. The van der Waals surface area contributed by atoms with Gasteiger partial charge in [0.05, 0.1) is 24.1 Å². The highest BCUT2D eigenvalue weighted by atomic mass is 35.5. The van der Waals surface area contributed by atoms with Crippen molar-refractivity contribution in [3.05, 3.63) is 113 Å². The largest absolute Gasteiger partial charge is 0.345 e. The molecule has 4 aromatic carbocycles. The van der Waals surface area contributed by atoms with Crippen LogP contribution in [0.4, 0.5) is 0 Å². The van der Waals surface area contributed by atoms with Gasteiger partial charge in [-0.2, -0.15) is 0 Å². The predicted molar refractivity (Wildman–Crippen MR) is 125 cm³/mol. The van der Waals surface area contributed by atoms with Crippen LogP contribution in [-0.2, 0) is 13.1 Å². The summed E-state index contributed by atoms with van der Waals surface area (Å²) >= 11 is 5.93. The molecule has 0 radical (unpaired) electrons. The molecule has 1 heterocycles. The van der Waals surface area contributed by atoms with E-state index >= 15 is 0 Å². The number of imidazole rings is 1. The molecule has 4 nitrogen and oxygen atoms in total. The summed E-state index contributed by atoms with van der Waals surface area (Å²) in [5.74, 6) is 0.664. The van der Waals surface area contributed by atoms with E-state index in [1.54, 1.807) is 24.3 Å². The van der Waals surface area contributed by atoms with E-state index in [1.165, 1.54) is 16.3 Å². The number of carbonyl (C=O) groups is 1. The average Bonchev–Trinajstić information content (AvgIpc) is 3.15. The Balaban J connectivity index is 1.48. The molecule has 0 saturated heterocycles. The molecule has 0 bridgehead atoms.